The van der Waals surface area contributed by atoms with E-state index in [1.807, 2.05) is 0 Å². The van der Waals surface area contributed by atoms with Crippen molar-refractivity contribution < 1.29 is 0 Å². The van der Waals surface area contributed by atoms with Crippen LogP contribution in [-0.4, -0.2) is 28.6 Å². The van der Waals surface area contributed by atoms with Crippen molar-refractivity contribution in [2.75, 3.05) is 0 Å². The number of hydrogen-bond donors (Lipinski definition) is 0. The maximum absolute atomic E-state index is 3.56. The van der Waals surface area contributed by atoms with Crippen LogP contribution < -0.4 is 15.6 Å². The molecule has 0 N–H and O–H groups in total. The summed E-state index contributed by atoms with van der Waals surface area (Å²) >= 11 is 0. The third-order valence-electron chi connectivity index (χ3n) is 2.21. The minimum Gasteiger partial charge on any atom is -0.0708 e. The van der Waals surface area contributed by atoms with Gasteiger partial charge in [0.15, 0.2) is 0 Å². The Morgan fingerprint density at radius 3 is 1.75 bits per heavy atom. The van der Waals surface area contributed by atoms with Gasteiger partial charge < -0.3 is 0 Å². The fraction of sp³-hybridized carbons (Fsp3) is 0.333. The lowest BCUT2D eigenvalue weighted by atomic mass is 10.3. The van der Waals surface area contributed by atoms with Crippen LogP contribution >= 0.6 is 0 Å². The van der Waals surface area contributed by atoms with Crippen LogP contribution in [0.4, 0.5) is 0 Å². The molecule has 0 atom stereocenters. The highest BCUT2D eigenvalue weighted by Gasteiger charge is 1.97. The van der Waals surface area contributed by atoms with Crippen LogP contribution in [0.25, 0.3) is 0 Å². The van der Waals surface area contributed by atoms with E-state index in [1.165, 1.54) is 0 Å². The average Bonchev–Trinajstić information content (AvgIpc) is 2.16. The maximum Gasteiger partial charge on any atom is 0.0525 e. The molecule has 0 saturated carbocycles. The zero-order valence-electron chi connectivity index (χ0n) is 8.28. The molecule has 0 spiro atoms. The van der Waals surface area contributed by atoms with Crippen molar-refractivity contribution >= 4 is 44.1 Å². The molecule has 0 unspecified atom stereocenters. The SMILES string of the molecule is C[SiH2]c1[c]c([SiH2]C)cc([SiH2]C)c1. The summed E-state index contributed by atoms with van der Waals surface area (Å²) in [5.41, 5.74) is 0. The van der Waals surface area contributed by atoms with Gasteiger partial charge in [-0.25, -0.2) is 0 Å². The molecule has 0 aromatic heterocycles. The van der Waals surface area contributed by atoms with Gasteiger partial charge in [-0.05, 0) is 6.07 Å². The fourth-order valence-corrected chi connectivity index (χ4v) is 4.82. The zero-order chi connectivity index (χ0) is 8.97. The van der Waals surface area contributed by atoms with Gasteiger partial charge in [-0.15, -0.1) is 0 Å². The van der Waals surface area contributed by atoms with E-state index in [0.717, 1.165) is 0 Å². The monoisotopic (exact) mass is 209 g/mol. The van der Waals surface area contributed by atoms with Gasteiger partial charge in [0, 0.05) is 0 Å². The molecule has 3 heteroatoms. The molecule has 0 amide bonds. The van der Waals surface area contributed by atoms with Crippen LogP contribution in [0.5, 0.6) is 0 Å². The second-order valence-corrected chi connectivity index (χ2v) is 7.56. The largest absolute Gasteiger partial charge is 0.0708 e. The van der Waals surface area contributed by atoms with Crippen molar-refractivity contribution in [2.45, 2.75) is 19.6 Å². The van der Waals surface area contributed by atoms with Crippen LogP contribution in [0.15, 0.2) is 12.1 Å². The predicted molar refractivity (Wildman–Crippen MR) is 67.4 cm³/mol. The van der Waals surface area contributed by atoms with Crippen molar-refractivity contribution in [3.8, 4) is 0 Å². The van der Waals surface area contributed by atoms with Gasteiger partial charge in [0.1, 0.15) is 0 Å². The number of benzene rings is 1. The van der Waals surface area contributed by atoms with Crippen LogP contribution in [-0.2, 0) is 0 Å². The minimum absolute atomic E-state index is 0.0187. The third-order valence-corrected chi connectivity index (χ3v) is 5.72. The Hall–Kier alpha value is -0.129. The Morgan fingerprint density at radius 2 is 1.42 bits per heavy atom. The molecule has 1 radical (unpaired) electrons. The summed E-state index contributed by atoms with van der Waals surface area (Å²) in [5, 5.41) is 4.78. The molecule has 0 saturated heterocycles. The molecule has 65 valence electrons. The van der Waals surface area contributed by atoms with E-state index >= 15 is 0 Å². The Kier molecular flexibility index (Phi) is 3.97. The highest BCUT2D eigenvalue weighted by atomic mass is 28.2. The molecule has 0 fully saturated rings. The summed E-state index contributed by atoms with van der Waals surface area (Å²) < 4.78 is 0. The van der Waals surface area contributed by atoms with E-state index < -0.39 is 0 Å². The quantitative estimate of drug-likeness (QED) is 0.506. The van der Waals surface area contributed by atoms with Gasteiger partial charge in [-0.3, -0.25) is 0 Å². The van der Waals surface area contributed by atoms with Crippen LogP contribution in [0.2, 0.25) is 19.6 Å². The number of rotatable bonds is 3. The molecule has 0 heterocycles. The summed E-state index contributed by atoms with van der Waals surface area (Å²) in [7, 11) is 0.0918. The Morgan fingerprint density at radius 1 is 0.917 bits per heavy atom. The van der Waals surface area contributed by atoms with Crippen molar-refractivity contribution in [2.24, 2.45) is 0 Å². The molecule has 0 bridgehead atoms. The Labute approximate surface area is 82.2 Å². The highest BCUT2D eigenvalue weighted by Crippen LogP contribution is 1.77. The summed E-state index contributed by atoms with van der Waals surface area (Å²) in [6.45, 7) is 7.08. The summed E-state index contributed by atoms with van der Waals surface area (Å²) in [4.78, 5) is 0. The van der Waals surface area contributed by atoms with E-state index in [2.05, 4.69) is 37.8 Å². The minimum atomic E-state index is 0.0187. The molecule has 0 aliphatic carbocycles. The molecule has 1 aromatic carbocycles. The van der Waals surface area contributed by atoms with Gasteiger partial charge in [0.25, 0.3) is 0 Å². The van der Waals surface area contributed by atoms with Crippen LogP contribution in [0, 0.1) is 6.07 Å². The lowest BCUT2D eigenvalue weighted by Gasteiger charge is -2.04. The molecule has 0 aliphatic rings. The molecule has 0 aliphatic heterocycles. The average molecular weight is 209 g/mol. The second kappa shape index (κ2) is 4.79. The fourth-order valence-electron chi connectivity index (χ4n) is 1.35. The highest BCUT2D eigenvalue weighted by molar-refractivity contribution is 6.59. The van der Waals surface area contributed by atoms with Gasteiger partial charge >= 0.3 is 0 Å². The van der Waals surface area contributed by atoms with Gasteiger partial charge in [0.2, 0.25) is 0 Å². The van der Waals surface area contributed by atoms with Crippen molar-refractivity contribution in [1.29, 1.82) is 0 Å². The van der Waals surface area contributed by atoms with Gasteiger partial charge in [0.05, 0.1) is 28.6 Å². The first-order valence-electron chi connectivity index (χ1n) is 4.84. The topological polar surface area (TPSA) is 0 Å². The summed E-state index contributed by atoms with van der Waals surface area (Å²) in [6.07, 6.45) is 0. The lowest BCUT2D eigenvalue weighted by Crippen LogP contribution is -2.30. The van der Waals surface area contributed by atoms with E-state index in [4.69, 9.17) is 0 Å². The zero-order valence-corrected chi connectivity index (χ0v) is 12.5. The van der Waals surface area contributed by atoms with Crippen molar-refractivity contribution in [3.63, 3.8) is 0 Å². The molecular formula is C9H17Si3. The van der Waals surface area contributed by atoms with Crippen LogP contribution in [0.1, 0.15) is 0 Å². The third kappa shape index (κ3) is 2.43. The molecule has 0 nitrogen and oxygen atoms in total. The smallest absolute Gasteiger partial charge is 0.0525 e. The standard InChI is InChI=1S/C9H17Si3/c1-10-7-4-8(11-2)6-9(5-7)12-3/h4-5H,10-12H2,1-3H3. The predicted octanol–water partition coefficient (Wildman–Crippen LogP) is -1.99. The van der Waals surface area contributed by atoms with E-state index in [-0.39, 0.29) is 28.6 Å². The maximum atomic E-state index is 3.56. The lowest BCUT2D eigenvalue weighted by molar-refractivity contribution is 1.85. The summed E-state index contributed by atoms with van der Waals surface area (Å²) in [6, 6.07) is 8.38. The first kappa shape index (κ1) is 9.95. The normalized spacial score (nSPS) is 13.2. The first-order chi connectivity index (χ1) is 5.80. The molecule has 1 aromatic rings. The van der Waals surface area contributed by atoms with Crippen molar-refractivity contribution in [3.05, 3.63) is 18.2 Å². The molecule has 12 heavy (non-hydrogen) atoms. The van der Waals surface area contributed by atoms with E-state index in [0.29, 0.717) is 0 Å². The Bertz CT molecular complexity index is 203. The van der Waals surface area contributed by atoms with Gasteiger partial charge in [-0.2, -0.15) is 0 Å². The molecular weight excluding hydrogens is 192 g/mol. The Balaban J connectivity index is 3.01. The van der Waals surface area contributed by atoms with E-state index in [9.17, 15) is 0 Å². The number of hydrogen-bond acceptors (Lipinski definition) is 0. The van der Waals surface area contributed by atoms with Crippen molar-refractivity contribution in [1.82, 2.24) is 0 Å². The second-order valence-electron chi connectivity index (χ2n) is 3.10. The first-order valence-corrected chi connectivity index (χ1v) is 11.2. The van der Waals surface area contributed by atoms with Gasteiger partial charge in [-0.1, -0.05) is 47.3 Å². The molecule has 1 rings (SSSR count). The van der Waals surface area contributed by atoms with E-state index in [1.54, 1.807) is 15.6 Å². The summed E-state index contributed by atoms with van der Waals surface area (Å²) in [5.74, 6) is 0. The van der Waals surface area contributed by atoms with Crippen LogP contribution in [0.3, 0.4) is 0 Å².